The average molecular weight is 444 g/mol. The van der Waals surface area contributed by atoms with Gasteiger partial charge in [0, 0.05) is 29.5 Å². The minimum Gasteiger partial charge on any atom is -0.372 e. The molecule has 1 fully saturated rings. The van der Waals surface area contributed by atoms with Gasteiger partial charge < -0.3 is 10.2 Å². The van der Waals surface area contributed by atoms with E-state index in [1.54, 1.807) is 30.3 Å². The summed E-state index contributed by atoms with van der Waals surface area (Å²) in [7, 11) is 0. The smallest absolute Gasteiger partial charge is 0.294 e. The summed E-state index contributed by atoms with van der Waals surface area (Å²) in [6.07, 6.45) is 1.67. The van der Waals surface area contributed by atoms with Crippen molar-refractivity contribution in [2.45, 2.75) is 13.8 Å². The van der Waals surface area contributed by atoms with Gasteiger partial charge in [-0.05, 0) is 67.6 Å². The van der Waals surface area contributed by atoms with E-state index < -0.39 is 17.1 Å². The fourth-order valence-electron chi connectivity index (χ4n) is 3.07. The van der Waals surface area contributed by atoms with Gasteiger partial charge in [0.2, 0.25) is 5.91 Å². The average Bonchev–Trinajstić information content (AvgIpc) is 2.97. The lowest BCUT2D eigenvalue weighted by atomic mass is 10.1. The van der Waals surface area contributed by atoms with Gasteiger partial charge in [0.05, 0.1) is 4.91 Å². The van der Waals surface area contributed by atoms with Crippen LogP contribution in [0.15, 0.2) is 53.4 Å². The molecule has 0 saturated carbocycles. The third kappa shape index (κ3) is 5.23. The number of hydrogen-bond donors (Lipinski definition) is 1. The van der Waals surface area contributed by atoms with Crippen molar-refractivity contribution in [2.24, 2.45) is 0 Å². The van der Waals surface area contributed by atoms with Crippen molar-refractivity contribution in [3.8, 4) is 0 Å². The number of carbonyl (C=O) groups is 3. The number of rotatable bonds is 7. The highest BCUT2D eigenvalue weighted by Gasteiger charge is 2.36. The van der Waals surface area contributed by atoms with E-state index in [1.165, 1.54) is 0 Å². The van der Waals surface area contributed by atoms with Gasteiger partial charge in [0.15, 0.2) is 0 Å². The second kappa shape index (κ2) is 9.82. The van der Waals surface area contributed by atoms with Crippen LogP contribution >= 0.6 is 23.4 Å². The molecule has 0 bridgehead atoms. The van der Waals surface area contributed by atoms with E-state index in [-0.39, 0.29) is 6.54 Å². The summed E-state index contributed by atoms with van der Waals surface area (Å²) < 4.78 is 0. The number of carbonyl (C=O) groups excluding carboxylic acids is 3. The van der Waals surface area contributed by atoms with E-state index >= 15 is 0 Å². The molecule has 1 aliphatic heterocycles. The molecular weight excluding hydrogens is 422 g/mol. The second-order valence-electron chi connectivity index (χ2n) is 6.59. The maximum Gasteiger partial charge on any atom is 0.294 e. The minimum absolute atomic E-state index is 0.297. The fourth-order valence-corrected chi connectivity index (χ4v) is 4.10. The molecule has 0 atom stereocenters. The van der Waals surface area contributed by atoms with E-state index in [0.29, 0.717) is 15.6 Å². The molecule has 0 aliphatic carbocycles. The highest BCUT2D eigenvalue weighted by atomic mass is 35.5. The van der Waals surface area contributed by atoms with Crippen molar-refractivity contribution in [3.05, 3.63) is 64.0 Å². The van der Waals surface area contributed by atoms with E-state index in [9.17, 15) is 14.4 Å². The quantitative estimate of drug-likeness (QED) is 0.619. The number of anilines is 2. The molecule has 2 aromatic rings. The SMILES string of the molecule is CCN(CC)c1ccc(/C=C2/SC(=O)N(CC(=O)Nc3cccc(Cl)c3)C2=O)cc1. The van der Waals surface area contributed by atoms with Crippen LogP contribution in [0.25, 0.3) is 6.08 Å². The number of nitrogens with one attached hydrogen (secondary N) is 1. The van der Waals surface area contributed by atoms with Crippen LogP contribution < -0.4 is 10.2 Å². The van der Waals surface area contributed by atoms with Crippen molar-refractivity contribution in [3.63, 3.8) is 0 Å². The van der Waals surface area contributed by atoms with Crippen molar-refractivity contribution in [1.29, 1.82) is 0 Å². The van der Waals surface area contributed by atoms with Gasteiger partial charge in [0.1, 0.15) is 6.54 Å². The lowest BCUT2D eigenvalue weighted by molar-refractivity contribution is -0.127. The van der Waals surface area contributed by atoms with Gasteiger partial charge in [-0.15, -0.1) is 0 Å². The number of hydrogen-bond acceptors (Lipinski definition) is 5. The standard InChI is InChI=1S/C22H22ClN3O3S/c1-3-25(4-2)18-10-8-15(9-11-18)12-19-21(28)26(22(29)30-19)14-20(27)24-17-7-5-6-16(23)13-17/h5-13H,3-4,14H2,1-2H3,(H,24,27)/b19-12+. The van der Waals surface area contributed by atoms with Crippen LogP contribution in [-0.4, -0.2) is 41.6 Å². The number of thioether (sulfide) groups is 1. The van der Waals surface area contributed by atoms with Crippen molar-refractivity contribution < 1.29 is 14.4 Å². The Kier molecular flexibility index (Phi) is 7.18. The molecule has 2 aromatic carbocycles. The zero-order chi connectivity index (χ0) is 21.7. The van der Waals surface area contributed by atoms with Crippen LogP contribution in [0.2, 0.25) is 5.02 Å². The molecule has 1 N–H and O–H groups in total. The molecule has 156 valence electrons. The molecule has 3 amide bonds. The molecule has 6 nitrogen and oxygen atoms in total. The van der Waals surface area contributed by atoms with Gasteiger partial charge in [-0.1, -0.05) is 29.8 Å². The molecule has 30 heavy (non-hydrogen) atoms. The summed E-state index contributed by atoms with van der Waals surface area (Å²) in [6.45, 7) is 5.65. The number of halogens is 1. The molecular formula is C22H22ClN3O3S. The van der Waals surface area contributed by atoms with Crippen LogP contribution in [0.5, 0.6) is 0 Å². The van der Waals surface area contributed by atoms with Crippen molar-refractivity contribution in [2.75, 3.05) is 29.9 Å². The van der Waals surface area contributed by atoms with Crippen LogP contribution in [-0.2, 0) is 9.59 Å². The van der Waals surface area contributed by atoms with Crippen LogP contribution in [0.3, 0.4) is 0 Å². The summed E-state index contributed by atoms with van der Waals surface area (Å²) in [5.74, 6) is -0.941. The van der Waals surface area contributed by atoms with E-state index in [2.05, 4.69) is 24.1 Å². The first-order valence-corrected chi connectivity index (χ1v) is 10.8. The molecule has 3 rings (SSSR count). The van der Waals surface area contributed by atoms with Crippen LogP contribution in [0.1, 0.15) is 19.4 Å². The van der Waals surface area contributed by atoms with Gasteiger partial charge in [-0.3, -0.25) is 19.3 Å². The first-order valence-electron chi connectivity index (χ1n) is 9.57. The first kappa shape index (κ1) is 21.9. The topological polar surface area (TPSA) is 69.7 Å². The molecule has 1 heterocycles. The zero-order valence-electron chi connectivity index (χ0n) is 16.7. The predicted octanol–water partition coefficient (Wildman–Crippen LogP) is 4.86. The maximum absolute atomic E-state index is 12.6. The predicted molar refractivity (Wildman–Crippen MR) is 123 cm³/mol. The third-order valence-corrected chi connectivity index (χ3v) is 5.75. The number of benzene rings is 2. The highest BCUT2D eigenvalue weighted by molar-refractivity contribution is 8.18. The van der Waals surface area contributed by atoms with Gasteiger partial charge >= 0.3 is 0 Å². The second-order valence-corrected chi connectivity index (χ2v) is 8.02. The minimum atomic E-state index is -0.473. The fraction of sp³-hybridized carbons (Fsp3) is 0.227. The van der Waals surface area contributed by atoms with Crippen LogP contribution in [0.4, 0.5) is 16.2 Å². The van der Waals surface area contributed by atoms with E-state index in [4.69, 9.17) is 11.6 Å². The van der Waals surface area contributed by atoms with Crippen molar-refractivity contribution in [1.82, 2.24) is 4.90 Å². The van der Waals surface area contributed by atoms with E-state index in [0.717, 1.165) is 41.0 Å². The summed E-state index contributed by atoms with van der Waals surface area (Å²) in [5.41, 5.74) is 2.42. The number of amides is 3. The molecule has 0 spiro atoms. The summed E-state index contributed by atoms with van der Waals surface area (Å²) in [6, 6.07) is 14.5. The number of nitrogens with zero attached hydrogens (tertiary/aromatic N) is 2. The largest absolute Gasteiger partial charge is 0.372 e. The van der Waals surface area contributed by atoms with Crippen molar-refractivity contribution >= 4 is 57.9 Å². The molecule has 1 aliphatic rings. The Balaban J connectivity index is 1.67. The molecule has 1 saturated heterocycles. The monoisotopic (exact) mass is 443 g/mol. The zero-order valence-corrected chi connectivity index (χ0v) is 18.3. The Morgan fingerprint density at radius 2 is 1.83 bits per heavy atom. The normalized spacial score (nSPS) is 15.0. The summed E-state index contributed by atoms with van der Waals surface area (Å²) >= 11 is 6.74. The third-order valence-electron chi connectivity index (χ3n) is 4.60. The lowest BCUT2D eigenvalue weighted by Gasteiger charge is -2.20. The van der Waals surface area contributed by atoms with Gasteiger partial charge in [0.25, 0.3) is 11.1 Å². The highest BCUT2D eigenvalue weighted by Crippen LogP contribution is 2.32. The Hall–Kier alpha value is -2.77. The summed E-state index contributed by atoms with van der Waals surface area (Å²) in [5, 5.41) is 2.66. The maximum atomic E-state index is 12.6. The molecule has 0 aromatic heterocycles. The Morgan fingerprint density at radius 1 is 1.13 bits per heavy atom. The molecule has 0 radical (unpaired) electrons. The Morgan fingerprint density at radius 3 is 2.47 bits per heavy atom. The summed E-state index contributed by atoms with van der Waals surface area (Å²) in [4.78, 5) is 40.6. The van der Waals surface area contributed by atoms with Gasteiger partial charge in [-0.2, -0.15) is 0 Å². The van der Waals surface area contributed by atoms with E-state index in [1.807, 2.05) is 24.3 Å². The Bertz CT molecular complexity index is 987. The lowest BCUT2D eigenvalue weighted by Crippen LogP contribution is -2.36. The number of imide groups is 1. The van der Waals surface area contributed by atoms with Gasteiger partial charge in [-0.25, -0.2) is 0 Å². The van der Waals surface area contributed by atoms with Crippen LogP contribution in [0, 0.1) is 0 Å². The Labute approximate surface area is 184 Å². The molecule has 0 unspecified atom stereocenters. The first-order chi connectivity index (χ1) is 14.4. The molecule has 8 heteroatoms.